The van der Waals surface area contributed by atoms with Crippen LogP contribution in [0.4, 0.5) is 0 Å². The molecule has 0 radical (unpaired) electrons. The molecule has 3 aliphatic heterocycles. The molecule has 0 aromatic heterocycles. The minimum atomic E-state index is -0.817. The summed E-state index contributed by atoms with van der Waals surface area (Å²) in [5.74, 6) is -2.28. The van der Waals surface area contributed by atoms with Gasteiger partial charge in [0.25, 0.3) is 0 Å². The topological polar surface area (TPSA) is 115 Å². The van der Waals surface area contributed by atoms with Gasteiger partial charge in [0.15, 0.2) is 0 Å². The highest BCUT2D eigenvalue weighted by Crippen LogP contribution is 2.54. The number of fused-ring (bicyclic) bond motifs is 10. The van der Waals surface area contributed by atoms with Crippen molar-refractivity contribution in [2.45, 2.75) is 77.3 Å². The molecule has 5 fully saturated rings. The van der Waals surface area contributed by atoms with Gasteiger partial charge in [-0.3, -0.25) is 38.6 Å². The van der Waals surface area contributed by atoms with Gasteiger partial charge < -0.3 is 9.80 Å². The Labute approximate surface area is 258 Å². The molecule has 4 aliphatic carbocycles. The monoisotopic (exact) mass is 604 g/mol. The third kappa shape index (κ3) is 4.33. The Morgan fingerprint density at radius 2 is 0.886 bits per heavy atom. The summed E-state index contributed by atoms with van der Waals surface area (Å²) in [6.45, 7) is 5.18. The summed E-state index contributed by atoms with van der Waals surface area (Å²) in [5, 5.41) is 0. The van der Waals surface area contributed by atoms with Crippen molar-refractivity contribution in [1.29, 1.82) is 0 Å². The summed E-state index contributed by atoms with van der Waals surface area (Å²) in [6, 6.07) is -1.63. The molecule has 10 nitrogen and oxygen atoms in total. The number of hydrogen-bond donors (Lipinski definition) is 0. The largest absolute Gasteiger partial charge is 0.337 e. The van der Waals surface area contributed by atoms with Crippen LogP contribution >= 0.6 is 0 Å². The highest BCUT2D eigenvalue weighted by atomic mass is 16.2. The van der Waals surface area contributed by atoms with E-state index in [4.69, 9.17) is 0 Å². The maximum Gasteiger partial charge on any atom is 0.245 e. The number of hydrogen-bond acceptors (Lipinski definition) is 6. The Morgan fingerprint density at radius 1 is 0.591 bits per heavy atom. The molecule has 10 heteroatoms. The predicted molar refractivity (Wildman–Crippen MR) is 159 cm³/mol. The third-order valence-electron chi connectivity index (χ3n) is 11.8. The van der Waals surface area contributed by atoms with Gasteiger partial charge in [-0.25, -0.2) is 0 Å². The third-order valence-corrected chi connectivity index (χ3v) is 11.8. The second-order valence-electron chi connectivity index (χ2n) is 14.1. The molecule has 7 aliphatic rings. The van der Waals surface area contributed by atoms with Crippen LogP contribution in [-0.2, 0) is 28.8 Å². The van der Waals surface area contributed by atoms with Gasteiger partial charge in [0.05, 0.1) is 23.7 Å². The first-order chi connectivity index (χ1) is 21.3. The van der Waals surface area contributed by atoms with E-state index in [9.17, 15) is 28.8 Å². The SMILES string of the molecule is CCCC[C@@H](C(=O)N1CCN(C(=O)[C@H](CCCC)N2C(=O)[C@@H]3[C@H](C2=O)[C@H]2C=C[C@H]3C2)CC1)N1C(=O)[C@@H]2[C@H](C1=O)[C@H]1C=C[C@H]2C1. The lowest BCUT2D eigenvalue weighted by Gasteiger charge is -2.40. The minimum Gasteiger partial charge on any atom is -0.337 e. The molecule has 7 rings (SSSR count). The zero-order valence-corrected chi connectivity index (χ0v) is 25.8. The summed E-state index contributed by atoms with van der Waals surface area (Å²) in [7, 11) is 0. The van der Waals surface area contributed by atoms with E-state index in [1.165, 1.54) is 9.80 Å². The predicted octanol–water partition coefficient (Wildman–Crippen LogP) is 2.39. The van der Waals surface area contributed by atoms with Crippen LogP contribution in [0, 0.1) is 47.3 Å². The fraction of sp³-hybridized carbons (Fsp3) is 0.706. The summed E-state index contributed by atoms with van der Waals surface area (Å²) < 4.78 is 0. The van der Waals surface area contributed by atoms with Crippen molar-refractivity contribution >= 4 is 35.4 Å². The number of carbonyl (C=O) groups excluding carboxylic acids is 6. The van der Waals surface area contributed by atoms with Crippen molar-refractivity contribution < 1.29 is 28.8 Å². The summed E-state index contributed by atoms with van der Waals surface area (Å²) in [5.41, 5.74) is 0. The van der Waals surface area contributed by atoms with Crippen LogP contribution in [0.2, 0.25) is 0 Å². The number of amides is 6. The first-order valence-electron chi connectivity index (χ1n) is 16.9. The van der Waals surface area contributed by atoms with E-state index in [0.29, 0.717) is 12.8 Å². The van der Waals surface area contributed by atoms with Gasteiger partial charge in [-0.15, -0.1) is 0 Å². The number of allylic oxidation sites excluding steroid dienone is 4. The van der Waals surface area contributed by atoms with E-state index < -0.39 is 12.1 Å². The highest BCUT2D eigenvalue weighted by molar-refractivity contribution is 6.10. The number of carbonyl (C=O) groups is 6. The Kier molecular flexibility index (Phi) is 7.52. The van der Waals surface area contributed by atoms with Crippen LogP contribution in [0.1, 0.15) is 65.2 Å². The van der Waals surface area contributed by atoms with Crippen LogP contribution < -0.4 is 0 Å². The Bertz CT molecular complexity index is 1170. The average molecular weight is 605 g/mol. The normalized spacial score (nSPS) is 36.2. The quantitative estimate of drug-likeness (QED) is 0.279. The van der Waals surface area contributed by atoms with Gasteiger partial charge in [0.1, 0.15) is 12.1 Å². The summed E-state index contributed by atoms with van der Waals surface area (Å²) in [6.07, 6.45) is 13.9. The van der Waals surface area contributed by atoms with Crippen molar-refractivity contribution in [3.63, 3.8) is 0 Å². The number of likely N-dealkylation sites (tertiary alicyclic amines) is 2. The van der Waals surface area contributed by atoms with Crippen molar-refractivity contribution in [1.82, 2.24) is 19.6 Å². The molecule has 4 bridgehead atoms. The van der Waals surface area contributed by atoms with E-state index in [-0.39, 0.29) is 109 Å². The summed E-state index contributed by atoms with van der Waals surface area (Å²) in [4.78, 5) is 88.1. The molecule has 6 amide bonds. The number of rotatable bonds is 10. The number of imide groups is 2. The number of nitrogens with zero attached hydrogens (tertiary/aromatic N) is 4. The van der Waals surface area contributed by atoms with Gasteiger partial charge in [0, 0.05) is 26.2 Å². The van der Waals surface area contributed by atoms with Crippen LogP contribution in [-0.4, -0.2) is 93.3 Å². The molecule has 44 heavy (non-hydrogen) atoms. The maximum atomic E-state index is 14.0. The zero-order valence-electron chi connectivity index (χ0n) is 25.8. The summed E-state index contributed by atoms with van der Waals surface area (Å²) >= 11 is 0. The van der Waals surface area contributed by atoms with Crippen molar-refractivity contribution in [2.24, 2.45) is 47.3 Å². The van der Waals surface area contributed by atoms with Crippen LogP contribution in [0.25, 0.3) is 0 Å². The molecule has 2 saturated carbocycles. The van der Waals surface area contributed by atoms with Crippen LogP contribution in [0.15, 0.2) is 24.3 Å². The molecule has 0 aromatic rings. The molecular weight excluding hydrogens is 560 g/mol. The number of piperazine rings is 1. The number of unbranched alkanes of at least 4 members (excludes halogenated alkanes) is 2. The van der Waals surface area contributed by atoms with Crippen molar-refractivity contribution in [3.05, 3.63) is 24.3 Å². The van der Waals surface area contributed by atoms with Crippen LogP contribution in [0.5, 0.6) is 0 Å². The molecule has 0 spiro atoms. The molecule has 3 saturated heterocycles. The Hall–Kier alpha value is -3.30. The first kappa shape index (κ1) is 29.4. The smallest absolute Gasteiger partial charge is 0.245 e. The minimum absolute atomic E-state index is 0.0870. The standard InChI is InChI=1S/C34H44N4O6/c1-3-5-7-23(37-31(41)25-19-9-10-20(17-19)26(25)32(37)42)29(39)35-13-15-36(16-14-35)30(40)24(8-6-4-2)38-33(43)27-21-11-12-22(18-21)28(27)34(38)44/h9-12,19-28H,3-8,13-18H2,1-2H3/t19-,20-,21-,22-,23-,24-,25-,26+,27-,28+/m0/s1. The van der Waals surface area contributed by atoms with Gasteiger partial charge in [-0.1, -0.05) is 63.8 Å². The molecule has 3 heterocycles. The zero-order chi connectivity index (χ0) is 30.9. The van der Waals surface area contributed by atoms with E-state index >= 15 is 0 Å². The van der Waals surface area contributed by atoms with Gasteiger partial charge in [-0.05, 0) is 49.4 Å². The van der Waals surface area contributed by atoms with Crippen LogP contribution in [0.3, 0.4) is 0 Å². The second-order valence-corrected chi connectivity index (χ2v) is 14.1. The van der Waals surface area contributed by atoms with E-state index in [2.05, 4.69) is 24.3 Å². The second kappa shape index (κ2) is 11.2. The van der Waals surface area contributed by atoms with E-state index in [1.807, 2.05) is 13.8 Å². The molecule has 10 atom stereocenters. The molecule has 0 unspecified atom stereocenters. The average Bonchev–Trinajstić information content (AvgIpc) is 3.88. The lowest BCUT2D eigenvalue weighted by molar-refractivity contribution is -0.156. The lowest BCUT2D eigenvalue weighted by Crippen LogP contribution is -2.59. The van der Waals surface area contributed by atoms with Gasteiger partial charge in [-0.2, -0.15) is 0 Å². The lowest BCUT2D eigenvalue weighted by atomic mass is 9.85. The van der Waals surface area contributed by atoms with E-state index in [0.717, 1.165) is 38.5 Å². The van der Waals surface area contributed by atoms with Crippen molar-refractivity contribution in [2.75, 3.05) is 26.2 Å². The molecule has 0 aromatic carbocycles. The fourth-order valence-electron chi connectivity index (χ4n) is 9.55. The molecule has 236 valence electrons. The van der Waals surface area contributed by atoms with E-state index in [1.54, 1.807) is 9.80 Å². The van der Waals surface area contributed by atoms with Gasteiger partial charge >= 0.3 is 0 Å². The fourth-order valence-corrected chi connectivity index (χ4v) is 9.55. The first-order valence-corrected chi connectivity index (χ1v) is 16.9. The van der Waals surface area contributed by atoms with Crippen molar-refractivity contribution in [3.8, 4) is 0 Å². The molecule has 0 N–H and O–H groups in total. The molecular formula is C34H44N4O6. The van der Waals surface area contributed by atoms with Gasteiger partial charge in [0.2, 0.25) is 35.4 Å². The highest BCUT2D eigenvalue weighted by Gasteiger charge is 2.62. The maximum absolute atomic E-state index is 14.0. The Balaban J connectivity index is 1.03. The Morgan fingerprint density at radius 3 is 1.16 bits per heavy atom.